The maximum absolute atomic E-state index is 13.2. The molecule has 1 aromatic heterocycles. The number of carbonyl (C=O) groups is 1. The van der Waals surface area contributed by atoms with Crippen molar-refractivity contribution in [2.45, 2.75) is 38.6 Å². The van der Waals surface area contributed by atoms with Crippen LogP contribution in [0.1, 0.15) is 31.2 Å². The van der Waals surface area contributed by atoms with E-state index in [1.165, 1.54) is 6.07 Å². The Morgan fingerprint density at radius 3 is 3.04 bits per heavy atom. The molecule has 1 aliphatic heterocycles. The third kappa shape index (κ3) is 4.66. The van der Waals surface area contributed by atoms with Crippen molar-refractivity contribution in [3.05, 3.63) is 54.1 Å². The van der Waals surface area contributed by atoms with Gasteiger partial charge in [0.05, 0.1) is 0 Å². The van der Waals surface area contributed by atoms with E-state index in [2.05, 4.69) is 5.10 Å². The highest BCUT2D eigenvalue weighted by Gasteiger charge is 2.23. The van der Waals surface area contributed by atoms with Gasteiger partial charge in [0.1, 0.15) is 5.82 Å². The predicted molar refractivity (Wildman–Crippen MR) is 90.9 cm³/mol. The lowest BCUT2D eigenvalue weighted by Crippen LogP contribution is -2.40. The van der Waals surface area contributed by atoms with Gasteiger partial charge in [-0.1, -0.05) is 12.1 Å². The van der Waals surface area contributed by atoms with Crippen molar-refractivity contribution in [1.82, 2.24) is 14.7 Å². The van der Waals surface area contributed by atoms with E-state index in [-0.39, 0.29) is 11.7 Å². The number of aryl methyl sites for hydroxylation is 2. The number of hydrogen-bond donors (Lipinski definition) is 0. The van der Waals surface area contributed by atoms with E-state index in [1.54, 1.807) is 23.0 Å². The van der Waals surface area contributed by atoms with Crippen LogP contribution in [0.2, 0.25) is 0 Å². The van der Waals surface area contributed by atoms with Crippen LogP contribution in [0.4, 0.5) is 4.39 Å². The summed E-state index contributed by atoms with van der Waals surface area (Å²) < 4.78 is 15.0. The van der Waals surface area contributed by atoms with E-state index in [1.807, 2.05) is 23.2 Å². The molecule has 0 bridgehead atoms. The summed E-state index contributed by atoms with van der Waals surface area (Å²) in [6, 6.07) is 8.68. The van der Waals surface area contributed by atoms with Crippen LogP contribution in [0.15, 0.2) is 42.7 Å². The van der Waals surface area contributed by atoms with Crippen molar-refractivity contribution in [3.63, 3.8) is 0 Å². The van der Waals surface area contributed by atoms with Crippen LogP contribution >= 0.6 is 0 Å². The van der Waals surface area contributed by atoms with Crippen LogP contribution in [-0.4, -0.2) is 33.7 Å². The summed E-state index contributed by atoms with van der Waals surface area (Å²) in [6.07, 6.45) is 8.20. The van der Waals surface area contributed by atoms with Crippen LogP contribution in [-0.2, 0) is 17.8 Å². The van der Waals surface area contributed by atoms with Gasteiger partial charge in [0.15, 0.2) is 0 Å². The normalized spacial score (nSPS) is 17.9. The third-order valence-corrected chi connectivity index (χ3v) is 4.72. The number of benzene rings is 1. The van der Waals surface area contributed by atoms with Crippen LogP contribution in [0, 0.1) is 11.7 Å². The molecule has 1 aromatic carbocycles. The van der Waals surface area contributed by atoms with Crippen LogP contribution in [0.5, 0.6) is 0 Å². The standard InChI is InChI=1S/C19H24FN3O/c20-18-6-1-4-16(14-18)7-8-17-5-2-11-22(15-17)19(24)9-13-23-12-3-10-21-23/h1,3-4,6,10,12,14,17H,2,5,7-9,11,13,15H2. The lowest BCUT2D eigenvalue weighted by Gasteiger charge is -2.33. The molecule has 2 heterocycles. The van der Waals surface area contributed by atoms with Crippen molar-refractivity contribution >= 4 is 5.91 Å². The number of nitrogens with zero attached hydrogens (tertiary/aromatic N) is 3. The van der Waals surface area contributed by atoms with Gasteiger partial charge in [0, 0.05) is 38.4 Å². The second-order valence-electron chi connectivity index (χ2n) is 6.54. The highest BCUT2D eigenvalue weighted by atomic mass is 19.1. The fourth-order valence-electron chi connectivity index (χ4n) is 3.39. The Kier molecular flexibility index (Phi) is 5.62. The van der Waals surface area contributed by atoms with Crippen molar-refractivity contribution in [3.8, 4) is 0 Å². The van der Waals surface area contributed by atoms with Crippen LogP contribution in [0.25, 0.3) is 0 Å². The average molecular weight is 329 g/mol. The van der Waals surface area contributed by atoms with Gasteiger partial charge >= 0.3 is 0 Å². The first-order valence-electron chi connectivity index (χ1n) is 8.70. The van der Waals surface area contributed by atoms with Gasteiger partial charge in [-0.25, -0.2) is 4.39 Å². The number of piperidine rings is 1. The minimum Gasteiger partial charge on any atom is -0.342 e. The summed E-state index contributed by atoms with van der Waals surface area (Å²) in [4.78, 5) is 14.4. The first-order chi connectivity index (χ1) is 11.7. The van der Waals surface area contributed by atoms with Gasteiger partial charge in [-0.05, 0) is 55.4 Å². The van der Waals surface area contributed by atoms with E-state index in [9.17, 15) is 9.18 Å². The first-order valence-corrected chi connectivity index (χ1v) is 8.70. The summed E-state index contributed by atoms with van der Waals surface area (Å²) in [5, 5.41) is 4.13. The quantitative estimate of drug-likeness (QED) is 0.816. The summed E-state index contributed by atoms with van der Waals surface area (Å²) in [5.41, 5.74) is 1.04. The van der Waals surface area contributed by atoms with Crippen molar-refractivity contribution in [1.29, 1.82) is 0 Å². The molecule has 3 rings (SSSR count). The molecule has 1 saturated heterocycles. The summed E-state index contributed by atoms with van der Waals surface area (Å²) >= 11 is 0. The molecule has 0 N–H and O–H groups in total. The Balaban J connectivity index is 1.46. The maximum Gasteiger partial charge on any atom is 0.224 e. The van der Waals surface area contributed by atoms with Crippen LogP contribution < -0.4 is 0 Å². The molecule has 24 heavy (non-hydrogen) atoms. The Bertz CT molecular complexity index is 656. The maximum atomic E-state index is 13.2. The first kappa shape index (κ1) is 16.7. The minimum absolute atomic E-state index is 0.174. The van der Waals surface area contributed by atoms with Crippen LogP contribution in [0.3, 0.4) is 0 Å². The molecule has 1 atom stereocenters. The Morgan fingerprint density at radius 2 is 2.25 bits per heavy atom. The number of rotatable bonds is 6. The molecule has 0 spiro atoms. The highest BCUT2D eigenvalue weighted by molar-refractivity contribution is 5.76. The SMILES string of the molecule is O=C(CCn1cccn1)N1CCCC(CCc2cccc(F)c2)C1. The smallest absolute Gasteiger partial charge is 0.224 e. The second-order valence-corrected chi connectivity index (χ2v) is 6.54. The number of amides is 1. The predicted octanol–water partition coefficient (Wildman–Crippen LogP) is 3.28. The van der Waals surface area contributed by atoms with Crippen molar-refractivity contribution < 1.29 is 9.18 Å². The largest absolute Gasteiger partial charge is 0.342 e. The Labute approximate surface area is 142 Å². The summed E-state index contributed by atoms with van der Waals surface area (Å²) in [5.74, 6) is 0.545. The molecular formula is C19H24FN3O. The van der Waals surface area contributed by atoms with E-state index in [0.29, 0.717) is 18.9 Å². The van der Waals surface area contributed by atoms with Gasteiger partial charge in [-0.15, -0.1) is 0 Å². The number of carbonyl (C=O) groups excluding carboxylic acids is 1. The number of halogens is 1. The molecular weight excluding hydrogens is 305 g/mol. The molecule has 1 unspecified atom stereocenters. The van der Waals surface area contributed by atoms with Gasteiger partial charge in [0.25, 0.3) is 0 Å². The Morgan fingerprint density at radius 1 is 1.33 bits per heavy atom. The topological polar surface area (TPSA) is 38.1 Å². The molecule has 0 radical (unpaired) electrons. The van der Waals surface area contributed by atoms with E-state index >= 15 is 0 Å². The zero-order chi connectivity index (χ0) is 16.8. The number of likely N-dealkylation sites (tertiary alicyclic amines) is 1. The number of aromatic nitrogens is 2. The van der Waals surface area contributed by atoms with E-state index in [0.717, 1.165) is 44.3 Å². The number of hydrogen-bond acceptors (Lipinski definition) is 2. The van der Waals surface area contributed by atoms with Crippen molar-refractivity contribution in [2.24, 2.45) is 5.92 Å². The fourth-order valence-corrected chi connectivity index (χ4v) is 3.39. The minimum atomic E-state index is -0.174. The molecule has 5 heteroatoms. The van der Waals surface area contributed by atoms with E-state index < -0.39 is 0 Å². The Hall–Kier alpha value is -2.17. The second kappa shape index (κ2) is 8.08. The molecule has 4 nitrogen and oxygen atoms in total. The lowest BCUT2D eigenvalue weighted by atomic mass is 9.91. The van der Waals surface area contributed by atoms with Gasteiger partial charge in [-0.2, -0.15) is 5.10 Å². The van der Waals surface area contributed by atoms with Gasteiger partial charge < -0.3 is 4.90 Å². The van der Waals surface area contributed by atoms with Crippen molar-refractivity contribution in [2.75, 3.05) is 13.1 Å². The molecule has 1 aliphatic rings. The third-order valence-electron chi connectivity index (χ3n) is 4.72. The van der Waals surface area contributed by atoms with E-state index in [4.69, 9.17) is 0 Å². The molecule has 0 saturated carbocycles. The lowest BCUT2D eigenvalue weighted by molar-refractivity contribution is -0.133. The zero-order valence-electron chi connectivity index (χ0n) is 13.9. The monoisotopic (exact) mass is 329 g/mol. The molecule has 1 amide bonds. The zero-order valence-corrected chi connectivity index (χ0v) is 13.9. The molecule has 2 aromatic rings. The fraction of sp³-hybridized carbons (Fsp3) is 0.474. The summed E-state index contributed by atoms with van der Waals surface area (Å²) in [6.45, 7) is 2.32. The highest BCUT2D eigenvalue weighted by Crippen LogP contribution is 2.22. The van der Waals surface area contributed by atoms with Gasteiger partial charge in [-0.3, -0.25) is 9.48 Å². The molecule has 1 fully saturated rings. The molecule has 128 valence electrons. The van der Waals surface area contributed by atoms with Gasteiger partial charge in [0.2, 0.25) is 5.91 Å². The molecule has 0 aliphatic carbocycles. The summed E-state index contributed by atoms with van der Waals surface area (Å²) in [7, 11) is 0. The average Bonchev–Trinajstić information content (AvgIpc) is 3.12.